The molecule has 0 aliphatic heterocycles. The van der Waals surface area contributed by atoms with Crippen LogP contribution in [0.15, 0.2) is 84.0 Å². The highest BCUT2D eigenvalue weighted by Gasteiger charge is 2.61. The number of allylic oxidation sites excluding steroid dienone is 2. The fourth-order valence-electron chi connectivity index (χ4n) is 7.90. The van der Waals surface area contributed by atoms with Crippen molar-refractivity contribution in [3.63, 3.8) is 0 Å². The van der Waals surface area contributed by atoms with E-state index in [0.717, 1.165) is 43.3 Å². The highest BCUT2D eigenvalue weighted by molar-refractivity contribution is 6.14. The number of carbonyl (C=O) groups is 2. The van der Waals surface area contributed by atoms with Crippen molar-refractivity contribution in [2.45, 2.75) is 62.8 Å². The molecule has 2 aromatic carbocycles. The Kier molecular flexibility index (Phi) is 5.68. The van der Waals surface area contributed by atoms with Gasteiger partial charge in [0, 0.05) is 11.1 Å². The van der Waals surface area contributed by atoms with Crippen LogP contribution in [0.5, 0.6) is 0 Å². The lowest BCUT2D eigenvalue weighted by Gasteiger charge is -2.53. The molecule has 5 nitrogen and oxygen atoms in total. The molecule has 0 aromatic heterocycles. The maximum Gasteiger partial charge on any atom is 0.202 e. The summed E-state index contributed by atoms with van der Waals surface area (Å²) in [7, 11) is 0. The first-order valence-electron chi connectivity index (χ1n) is 13.5. The lowest BCUT2D eigenvalue weighted by Crippen LogP contribution is -2.63. The third-order valence-electron chi connectivity index (χ3n) is 10.00. The zero-order valence-electron chi connectivity index (χ0n) is 21.1. The highest BCUT2D eigenvalue weighted by Crippen LogP contribution is 2.62. The Hall–Kier alpha value is -2.86. The fourth-order valence-corrected chi connectivity index (χ4v) is 7.90. The van der Waals surface area contributed by atoms with Crippen molar-refractivity contribution < 1.29 is 24.9 Å². The topological polar surface area (TPSA) is 94.8 Å². The number of rotatable bonds is 4. The average Bonchev–Trinajstić information content (AvgIpc) is 3.23. The van der Waals surface area contributed by atoms with E-state index in [4.69, 9.17) is 0 Å². The standard InChI is InChI=1S/C32H34O5/c1-30-17-16-23-24(26(30)14-15-27(30)33)13-12-22-18-31(36,28(34)20-8-4-2-5-9-20)32(37,19-25(22)23)29(35)21-10-6-3-7-11-21/h2-11,18-19,23-24,26-27,33,36-37H,12-17H2,1H3/t23-,24+,26-,27-,30-,31?,32?/m0/s1. The molecule has 6 rings (SSSR count). The molecule has 4 aliphatic carbocycles. The zero-order valence-corrected chi connectivity index (χ0v) is 21.1. The third-order valence-corrected chi connectivity index (χ3v) is 10.00. The van der Waals surface area contributed by atoms with Crippen molar-refractivity contribution in [2.75, 3.05) is 0 Å². The van der Waals surface area contributed by atoms with Crippen molar-refractivity contribution in [3.05, 3.63) is 95.1 Å². The molecule has 4 aliphatic rings. The maximum absolute atomic E-state index is 13.9. The van der Waals surface area contributed by atoms with Crippen LogP contribution in [0.1, 0.15) is 66.2 Å². The fraction of sp³-hybridized carbons (Fsp3) is 0.438. The van der Waals surface area contributed by atoms with E-state index in [-0.39, 0.29) is 28.6 Å². The average molecular weight is 499 g/mol. The van der Waals surface area contributed by atoms with Gasteiger partial charge in [-0.15, -0.1) is 0 Å². The van der Waals surface area contributed by atoms with Gasteiger partial charge in [0.25, 0.3) is 0 Å². The van der Waals surface area contributed by atoms with Gasteiger partial charge >= 0.3 is 0 Å². The summed E-state index contributed by atoms with van der Waals surface area (Å²) < 4.78 is 0. The number of fused-ring (bicyclic) bond motifs is 5. The molecule has 0 bridgehead atoms. The number of Topliss-reactive ketones (excluding diaryl/α,β-unsaturated/α-hetero) is 2. The molecule has 0 heterocycles. The summed E-state index contributed by atoms with van der Waals surface area (Å²) in [5.41, 5.74) is -2.77. The van der Waals surface area contributed by atoms with Crippen LogP contribution in [0, 0.1) is 23.2 Å². The van der Waals surface area contributed by atoms with E-state index in [1.807, 2.05) is 0 Å². The summed E-state index contributed by atoms with van der Waals surface area (Å²) in [5.74, 6) is -0.545. The Labute approximate surface area is 217 Å². The maximum atomic E-state index is 13.9. The second-order valence-electron chi connectivity index (χ2n) is 11.7. The number of aliphatic hydroxyl groups excluding tert-OH is 1. The molecule has 7 atom stereocenters. The summed E-state index contributed by atoms with van der Waals surface area (Å²) in [6.07, 6.45) is 7.79. The predicted octanol–water partition coefficient (Wildman–Crippen LogP) is 4.68. The number of hydrogen-bond acceptors (Lipinski definition) is 5. The molecule has 3 fully saturated rings. The van der Waals surface area contributed by atoms with Gasteiger partial charge in [0.2, 0.25) is 11.6 Å². The lowest BCUT2D eigenvalue weighted by molar-refractivity contribution is -0.0563. The largest absolute Gasteiger partial charge is 0.393 e. The van der Waals surface area contributed by atoms with E-state index in [1.165, 1.54) is 12.2 Å². The molecule has 0 amide bonds. The Bertz CT molecular complexity index is 1300. The van der Waals surface area contributed by atoms with Crippen LogP contribution in [-0.4, -0.2) is 44.2 Å². The van der Waals surface area contributed by atoms with E-state index in [2.05, 4.69) is 6.92 Å². The van der Waals surface area contributed by atoms with Crippen LogP contribution in [0.25, 0.3) is 0 Å². The molecule has 2 unspecified atom stereocenters. The molecule has 0 spiro atoms. The Balaban J connectivity index is 1.47. The van der Waals surface area contributed by atoms with Gasteiger partial charge in [-0.1, -0.05) is 67.6 Å². The monoisotopic (exact) mass is 498 g/mol. The van der Waals surface area contributed by atoms with Crippen LogP contribution in [0.4, 0.5) is 0 Å². The van der Waals surface area contributed by atoms with E-state index in [0.29, 0.717) is 18.3 Å². The van der Waals surface area contributed by atoms with Crippen molar-refractivity contribution >= 4 is 11.6 Å². The predicted molar refractivity (Wildman–Crippen MR) is 140 cm³/mol. The first-order chi connectivity index (χ1) is 17.7. The summed E-state index contributed by atoms with van der Waals surface area (Å²) >= 11 is 0. The number of carbonyl (C=O) groups excluding carboxylic acids is 2. The molecule has 5 heteroatoms. The van der Waals surface area contributed by atoms with Crippen molar-refractivity contribution in [3.8, 4) is 0 Å². The molecule has 2 aromatic rings. The van der Waals surface area contributed by atoms with Crippen molar-refractivity contribution in [1.29, 1.82) is 0 Å². The molecule has 0 saturated heterocycles. The Morgan fingerprint density at radius 1 is 0.784 bits per heavy atom. The van der Waals surface area contributed by atoms with E-state index >= 15 is 0 Å². The van der Waals surface area contributed by atoms with Gasteiger partial charge in [-0.2, -0.15) is 0 Å². The van der Waals surface area contributed by atoms with Crippen LogP contribution in [0.2, 0.25) is 0 Å². The van der Waals surface area contributed by atoms with Crippen LogP contribution in [-0.2, 0) is 0 Å². The number of aliphatic hydroxyl groups is 3. The summed E-state index contributed by atoms with van der Waals surface area (Å²) in [6, 6.07) is 16.7. The van der Waals surface area contributed by atoms with Gasteiger partial charge < -0.3 is 15.3 Å². The van der Waals surface area contributed by atoms with Gasteiger partial charge in [0.15, 0.2) is 11.2 Å². The minimum atomic E-state index is -2.45. The van der Waals surface area contributed by atoms with Gasteiger partial charge in [0.1, 0.15) is 0 Å². The minimum Gasteiger partial charge on any atom is -0.393 e. The van der Waals surface area contributed by atoms with Crippen LogP contribution < -0.4 is 0 Å². The Morgan fingerprint density at radius 2 is 1.35 bits per heavy atom. The van der Waals surface area contributed by atoms with E-state index < -0.39 is 22.8 Å². The lowest BCUT2D eigenvalue weighted by atomic mass is 9.53. The number of ketones is 2. The first kappa shape index (κ1) is 24.5. The van der Waals surface area contributed by atoms with Gasteiger partial charge in [-0.05, 0) is 85.0 Å². The van der Waals surface area contributed by atoms with Crippen LogP contribution in [0.3, 0.4) is 0 Å². The third kappa shape index (κ3) is 3.48. The summed E-state index contributed by atoms with van der Waals surface area (Å²) in [4.78, 5) is 27.7. The molecular formula is C32H34O5. The van der Waals surface area contributed by atoms with E-state index in [1.54, 1.807) is 60.7 Å². The molecule has 37 heavy (non-hydrogen) atoms. The number of hydrogen-bond donors (Lipinski definition) is 3. The van der Waals surface area contributed by atoms with Crippen molar-refractivity contribution in [2.24, 2.45) is 23.2 Å². The quantitative estimate of drug-likeness (QED) is 0.532. The first-order valence-corrected chi connectivity index (χ1v) is 13.5. The minimum absolute atomic E-state index is 0.0994. The Morgan fingerprint density at radius 3 is 1.95 bits per heavy atom. The zero-order chi connectivity index (χ0) is 26.0. The summed E-state index contributed by atoms with van der Waals surface area (Å²) in [6.45, 7) is 2.21. The molecule has 0 radical (unpaired) electrons. The molecule has 3 saturated carbocycles. The normalized spacial score (nSPS) is 38.5. The molecule has 3 N–H and O–H groups in total. The second-order valence-corrected chi connectivity index (χ2v) is 11.7. The van der Waals surface area contributed by atoms with Crippen LogP contribution >= 0.6 is 0 Å². The smallest absolute Gasteiger partial charge is 0.202 e. The van der Waals surface area contributed by atoms with Gasteiger partial charge in [0.05, 0.1) is 6.10 Å². The number of benzene rings is 2. The van der Waals surface area contributed by atoms with Gasteiger partial charge in [-0.25, -0.2) is 0 Å². The summed E-state index contributed by atoms with van der Waals surface area (Å²) in [5, 5.41) is 34.9. The second kappa shape index (κ2) is 8.59. The van der Waals surface area contributed by atoms with Crippen molar-refractivity contribution in [1.82, 2.24) is 0 Å². The molecular weight excluding hydrogens is 464 g/mol. The van der Waals surface area contributed by atoms with Gasteiger partial charge in [-0.3, -0.25) is 9.59 Å². The van der Waals surface area contributed by atoms with E-state index in [9.17, 15) is 24.9 Å². The molecule has 192 valence electrons. The SMILES string of the molecule is C[C@]12CC[C@@H]3C4=CC(O)(C(=O)c5ccccc5)C(O)(C(=O)c5ccccc5)C=C4CC[C@H]3[C@@H]1CC[C@@H]2O. The highest BCUT2D eigenvalue weighted by atomic mass is 16.4.